The van der Waals surface area contributed by atoms with E-state index in [1.54, 1.807) is 0 Å². The van der Waals surface area contributed by atoms with Crippen LogP contribution in [0.2, 0.25) is 0 Å². The minimum Gasteiger partial charge on any atom is -0.207 e. The first-order chi connectivity index (χ1) is 7.22. The van der Waals surface area contributed by atoms with E-state index in [0.717, 1.165) is 0 Å². The molecule has 1 aliphatic rings. The summed E-state index contributed by atoms with van der Waals surface area (Å²) in [5, 5.41) is 0. The Morgan fingerprint density at radius 3 is 2.50 bits per heavy atom. The third-order valence-electron chi connectivity index (χ3n) is 2.20. The van der Waals surface area contributed by atoms with Gasteiger partial charge in [-0.1, -0.05) is 15.9 Å². The van der Waals surface area contributed by atoms with Gasteiger partial charge in [0.1, 0.15) is 0 Å². The maximum Gasteiger partial charge on any atom is 0.417 e. The van der Waals surface area contributed by atoms with Crippen LogP contribution >= 0.6 is 15.9 Å². The average Bonchev–Trinajstić information content (AvgIpc) is 2.39. The molecule has 0 aliphatic carbocycles. The van der Waals surface area contributed by atoms with Gasteiger partial charge in [0.15, 0.2) is 0 Å². The van der Waals surface area contributed by atoms with E-state index in [-0.39, 0.29) is 15.9 Å². The predicted molar refractivity (Wildman–Crippen MR) is 53.2 cm³/mol. The molecule has 0 saturated heterocycles. The predicted octanol–water partition coefficient (Wildman–Crippen LogP) is 2.26. The SMILES string of the molecule is O=S1(=O)NCc2cc(Br)c(C(F)(F)F)cc21. The first-order valence-electron chi connectivity index (χ1n) is 4.11. The smallest absolute Gasteiger partial charge is 0.207 e. The minimum absolute atomic E-state index is 0.0222. The second kappa shape index (κ2) is 3.44. The molecular weight excluding hydrogens is 311 g/mol. The number of rotatable bonds is 0. The summed E-state index contributed by atoms with van der Waals surface area (Å²) in [6.07, 6.45) is -4.58. The van der Waals surface area contributed by atoms with E-state index < -0.39 is 21.8 Å². The first kappa shape index (κ1) is 11.9. The molecule has 1 N–H and O–H groups in total. The summed E-state index contributed by atoms with van der Waals surface area (Å²) in [4.78, 5) is -0.303. The number of benzene rings is 1. The van der Waals surface area contributed by atoms with Gasteiger partial charge in [-0.25, -0.2) is 13.1 Å². The Balaban J connectivity index is 2.70. The van der Waals surface area contributed by atoms with E-state index in [1.165, 1.54) is 6.07 Å². The summed E-state index contributed by atoms with van der Waals surface area (Å²) in [7, 11) is -3.78. The Hall–Kier alpha value is -0.600. The van der Waals surface area contributed by atoms with Crippen molar-refractivity contribution in [3.05, 3.63) is 27.7 Å². The zero-order chi connectivity index (χ0) is 12.1. The lowest BCUT2D eigenvalue weighted by molar-refractivity contribution is -0.138. The van der Waals surface area contributed by atoms with Gasteiger partial charge in [0, 0.05) is 11.0 Å². The highest BCUT2D eigenvalue weighted by molar-refractivity contribution is 9.10. The number of hydrogen-bond acceptors (Lipinski definition) is 2. The summed E-state index contributed by atoms with van der Waals surface area (Å²) in [5.41, 5.74) is -0.654. The van der Waals surface area contributed by atoms with E-state index >= 15 is 0 Å². The standard InChI is InChI=1S/C8H5BrF3NO2S/c9-6-1-4-3-13-16(14,15)7(4)2-5(6)8(10,11)12/h1-2,13H,3H2. The van der Waals surface area contributed by atoms with Crippen LogP contribution in [0, 0.1) is 0 Å². The van der Waals surface area contributed by atoms with E-state index in [4.69, 9.17) is 0 Å². The zero-order valence-corrected chi connectivity index (χ0v) is 10.0. The van der Waals surface area contributed by atoms with E-state index in [9.17, 15) is 21.6 Å². The molecule has 88 valence electrons. The average molecular weight is 316 g/mol. The van der Waals surface area contributed by atoms with E-state index in [2.05, 4.69) is 20.7 Å². The van der Waals surface area contributed by atoms with Crippen molar-refractivity contribution in [2.24, 2.45) is 0 Å². The summed E-state index contributed by atoms with van der Waals surface area (Å²) in [5.74, 6) is 0. The molecule has 3 nitrogen and oxygen atoms in total. The Bertz CT molecular complexity index is 553. The normalized spacial score (nSPS) is 18.5. The van der Waals surface area contributed by atoms with Crippen LogP contribution in [0.15, 0.2) is 21.5 Å². The molecule has 0 fully saturated rings. The second-order valence-electron chi connectivity index (χ2n) is 3.26. The summed E-state index contributed by atoms with van der Waals surface area (Å²) < 4.78 is 62.3. The Morgan fingerprint density at radius 1 is 1.31 bits per heavy atom. The molecule has 1 aromatic carbocycles. The summed E-state index contributed by atoms with van der Waals surface area (Å²) in [6, 6.07) is 1.82. The van der Waals surface area contributed by atoms with Gasteiger partial charge in [-0.15, -0.1) is 0 Å². The van der Waals surface area contributed by atoms with Crippen LogP contribution in [0.4, 0.5) is 13.2 Å². The monoisotopic (exact) mass is 315 g/mol. The Labute approximate surface area is 97.8 Å². The van der Waals surface area contributed by atoms with Crippen molar-refractivity contribution in [3.63, 3.8) is 0 Å². The molecule has 1 aromatic rings. The number of alkyl halides is 3. The molecule has 0 saturated carbocycles. The van der Waals surface area contributed by atoms with Crippen LogP contribution in [0.25, 0.3) is 0 Å². The van der Waals surface area contributed by atoms with Crippen molar-refractivity contribution >= 4 is 26.0 Å². The van der Waals surface area contributed by atoms with Gasteiger partial charge in [0.05, 0.1) is 10.5 Å². The lowest BCUT2D eigenvalue weighted by Gasteiger charge is -2.10. The summed E-state index contributed by atoms with van der Waals surface area (Å²) >= 11 is 2.78. The van der Waals surface area contributed by atoms with Crippen molar-refractivity contribution in [1.29, 1.82) is 0 Å². The Kier molecular flexibility index (Phi) is 2.56. The lowest BCUT2D eigenvalue weighted by Crippen LogP contribution is -2.14. The van der Waals surface area contributed by atoms with Gasteiger partial charge >= 0.3 is 6.18 Å². The zero-order valence-electron chi connectivity index (χ0n) is 7.60. The van der Waals surface area contributed by atoms with Gasteiger partial charge < -0.3 is 0 Å². The van der Waals surface area contributed by atoms with Crippen LogP contribution in [0.3, 0.4) is 0 Å². The maximum absolute atomic E-state index is 12.5. The van der Waals surface area contributed by atoms with Crippen molar-refractivity contribution in [2.75, 3.05) is 0 Å². The topological polar surface area (TPSA) is 46.2 Å². The highest BCUT2D eigenvalue weighted by atomic mass is 79.9. The number of sulfonamides is 1. The molecule has 0 amide bonds. The molecule has 0 spiro atoms. The molecule has 16 heavy (non-hydrogen) atoms. The fraction of sp³-hybridized carbons (Fsp3) is 0.250. The van der Waals surface area contributed by atoms with Crippen LogP contribution in [0.1, 0.15) is 11.1 Å². The highest BCUT2D eigenvalue weighted by Gasteiger charge is 2.37. The molecule has 1 heterocycles. The quantitative estimate of drug-likeness (QED) is 0.798. The molecule has 8 heteroatoms. The highest BCUT2D eigenvalue weighted by Crippen LogP contribution is 2.38. The van der Waals surface area contributed by atoms with Crippen molar-refractivity contribution in [2.45, 2.75) is 17.6 Å². The molecule has 2 rings (SSSR count). The van der Waals surface area contributed by atoms with Crippen LogP contribution in [-0.2, 0) is 22.7 Å². The second-order valence-corrected chi connectivity index (χ2v) is 5.85. The van der Waals surface area contributed by atoms with Crippen LogP contribution in [-0.4, -0.2) is 8.42 Å². The van der Waals surface area contributed by atoms with Gasteiger partial charge in [0.25, 0.3) is 0 Å². The minimum atomic E-state index is -4.58. The Morgan fingerprint density at radius 2 is 1.94 bits per heavy atom. The maximum atomic E-state index is 12.5. The van der Waals surface area contributed by atoms with Gasteiger partial charge in [-0.2, -0.15) is 13.2 Å². The van der Waals surface area contributed by atoms with Crippen LogP contribution in [0.5, 0.6) is 0 Å². The molecular formula is C8H5BrF3NO2S. The van der Waals surface area contributed by atoms with Crippen molar-refractivity contribution < 1.29 is 21.6 Å². The largest absolute Gasteiger partial charge is 0.417 e. The molecule has 0 radical (unpaired) electrons. The van der Waals surface area contributed by atoms with E-state index in [1.807, 2.05) is 0 Å². The van der Waals surface area contributed by atoms with Gasteiger partial charge in [-0.05, 0) is 17.7 Å². The summed E-state index contributed by atoms with van der Waals surface area (Å²) in [6.45, 7) is 0.0222. The number of nitrogens with one attached hydrogen (secondary N) is 1. The third-order valence-corrected chi connectivity index (χ3v) is 4.34. The molecule has 0 unspecified atom stereocenters. The number of fused-ring (bicyclic) bond motifs is 1. The van der Waals surface area contributed by atoms with Gasteiger partial charge in [0.2, 0.25) is 10.0 Å². The molecule has 0 bridgehead atoms. The fourth-order valence-electron chi connectivity index (χ4n) is 1.45. The number of halogens is 4. The number of hydrogen-bond donors (Lipinski definition) is 1. The molecule has 0 atom stereocenters. The van der Waals surface area contributed by atoms with E-state index in [0.29, 0.717) is 11.6 Å². The lowest BCUT2D eigenvalue weighted by atomic mass is 10.1. The third kappa shape index (κ3) is 1.85. The van der Waals surface area contributed by atoms with Crippen LogP contribution < -0.4 is 4.72 Å². The van der Waals surface area contributed by atoms with Crippen molar-refractivity contribution in [1.82, 2.24) is 4.72 Å². The molecule has 1 aliphatic heterocycles. The fourth-order valence-corrected chi connectivity index (χ4v) is 3.32. The first-order valence-corrected chi connectivity index (χ1v) is 6.39. The molecule has 0 aromatic heterocycles. The van der Waals surface area contributed by atoms with Gasteiger partial charge in [-0.3, -0.25) is 0 Å². The van der Waals surface area contributed by atoms with Crippen molar-refractivity contribution in [3.8, 4) is 0 Å².